The van der Waals surface area contributed by atoms with E-state index < -0.39 is 6.10 Å². The molecule has 1 atom stereocenters. The summed E-state index contributed by atoms with van der Waals surface area (Å²) in [6.45, 7) is 0.726. The predicted molar refractivity (Wildman–Crippen MR) is 116 cm³/mol. The van der Waals surface area contributed by atoms with Crippen molar-refractivity contribution in [2.45, 2.75) is 17.7 Å². The van der Waals surface area contributed by atoms with Gasteiger partial charge in [0.05, 0.1) is 24.7 Å². The number of thiophene rings is 1. The number of nitrogens with zero attached hydrogens (tertiary/aromatic N) is 2. The maximum atomic E-state index is 13.3. The fourth-order valence-corrected chi connectivity index (χ4v) is 4.81. The van der Waals surface area contributed by atoms with Crippen molar-refractivity contribution in [1.82, 2.24) is 9.97 Å². The Morgan fingerprint density at radius 2 is 1.86 bits per heavy atom. The molecule has 4 aromatic rings. The number of halogens is 1. The Kier molecular flexibility index (Phi) is 6.51. The Balaban J connectivity index is 1.42. The molecule has 2 aromatic heterocycles. The molecule has 29 heavy (non-hydrogen) atoms. The molecule has 0 saturated heterocycles. The van der Waals surface area contributed by atoms with Crippen LogP contribution in [0.2, 0.25) is 0 Å². The molecule has 0 aliphatic rings. The molecule has 2 heterocycles. The van der Waals surface area contributed by atoms with Crippen LogP contribution in [0.3, 0.4) is 0 Å². The molecule has 4 nitrogen and oxygen atoms in total. The average molecular weight is 427 g/mol. The first-order chi connectivity index (χ1) is 14.2. The fraction of sp³-hybridized carbons (Fsp3) is 0.182. The first-order valence-corrected chi connectivity index (χ1v) is 11.0. The van der Waals surface area contributed by atoms with Crippen molar-refractivity contribution in [2.75, 3.05) is 12.4 Å². The first-order valence-electron chi connectivity index (χ1n) is 9.11. The van der Waals surface area contributed by atoms with Gasteiger partial charge in [-0.1, -0.05) is 42.5 Å². The molecule has 0 amide bonds. The lowest BCUT2D eigenvalue weighted by Gasteiger charge is -2.11. The number of fused-ring (bicyclic) bond motifs is 1. The Bertz CT molecular complexity index is 1070. The van der Waals surface area contributed by atoms with Gasteiger partial charge in [0.25, 0.3) is 0 Å². The van der Waals surface area contributed by atoms with Crippen molar-refractivity contribution < 1.29 is 14.2 Å². The summed E-state index contributed by atoms with van der Waals surface area (Å²) in [6, 6.07) is 16.3. The number of ether oxygens (including phenoxy) is 1. The van der Waals surface area contributed by atoms with Crippen molar-refractivity contribution in [1.29, 1.82) is 0 Å². The Morgan fingerprint density at radius 3 is 2.66 bits per heavy atom. The second-order valence-electron chi connectivity index (χ2n) is 6.48. The molecule has 4 rings (SSSR count). The number of benzene rings is 2. The highest BCUT2D eigenvalue weighted by molar-refractivity contribution is 7.99. The van der Waals surface area contributed by atoms with Crippen LogP contribution in [-0.4, -0.2) is 33.5 Å². The van der Waals surface area contributed by atoms with E-state index >= 15 is 0 Å². The van der Waals surface area contributed by atoms with Gasteiger partial charge < -0.3 is 9.84 Å². The first kappa shape index (κ1) is 20.0. The van der Waals surface area contributed by atoms with Crippen molar-refractivity contribution >= 4 is 33.3 Å². The molecule has 0 fully saturated rings. The van der Waals surface area contributed by atoms with Crippen LogP contribution in [0, 0.1) is 5.82 Å². The highest BCUT2D eigenvalue weighted by atomic mass is 32.2. The van der Waals surface area contributed by atoms with Crippen LogP contribution in [0.15, 0.2) is 71.3 Å². The number of aliphatic hydroxyl groups excluding tert-OH is 1. The molecule has 1 N–H and O–H groups in total. The van der Waals surface area contributed by atoms with Crippen molar-refractivity contribution in [2.24, 2.45) is 0 Å². The molecule has 0 aliphatic heterocycles. The lowest BCUT2D eigenvalue weighted by Crippen LogP contribution is -2.18. The van der Waals surface area contributed by atoms with E-state index in [0.29, 0.717) is 12.4 Å². The highest BCUT2D eigenvalue weighted by Crippen LogP contribution is 2.38. The summed E-state index contributed by atoms with van der Waals surface area (Å²) in [4.78, 5) is 9.64. The van der Waals surface area contributed by atoms with Gasteiger partial charge in [0, 0.05) is 16.7 Å². The van der Waals surface area contributed by atoms with E-state index in [1.54, 1.807) is 12.1 Å². The average Bonchev–Trinajstić information content (AvgIpc) is 3.18. The standard InChI is InChI=1S/C22H19FN2O2S2/c23-17-8-6-16(7-9-17)19-13-29-22-20(19)21(24-14-25-22)28-12-18(26)11-27-10-15-4-2-1-3-5-15/h1-9,13-14,18,26H,10-12H2/t18-/m0/s1. The molecule has 2 aromatic carbocycles. The van der Waals surface area contributed by atoms with Crippen LogP contribution in [0.5, 0.6) is 0 Å². The zero-order valence-corrected chi connectivity index (χ0v) is 17.1. The Hall–Kier alpha value is -2.32. The quantitative estimate of drug-likeness (QED) is 0.311. The number of rotatable bonds is 8. The van der Waals surface area contributed by atoms with Gasteiger partial charge in [-0.25, -0.2) is 14.4 Å². The summed E-state index contributed by atoms with van der Waals surface area (Å²) < 4.78 is 18.9. The summed E-state index contributed by atoms with van der Waals surface area (Å²) in [5.74, 6) is 0.192. The molecule has 7 heteroatoms. The molecule has 0 unspecified atom stereocenters. The number of aliphatic hydroxyl groups is 1. The summed E-state index contributed by atoms with van der Waals surface area (Å²) in [6.07, 6.45) is 0.926. The summed E-state index contributed by atoms with van der Waals surface area (Å²) >= 11 is 3.00. The topological polar surface area (TPSA) is 55.2 Å². The summed E-state index contributed by atoms with van der Waals surface area (Å²) in [7, 11) is 0. The van der Waals surface area contributed by atoms with Crippen molar-refractivity contribution in [3.8, 4) is 11.1 Å². The third-order valence-corrected chi connectivity index (χ3v) is 6.35. The largest absolute Gasteiger partial charge is 0.390 e. The number of thioether (sulfide) groups is 1. The minimum absolute atomic E-state index is 0.255. The molecule has 0 bridgehead atoms. The normalized spacial score (nSPS) is 12.3. The van der Waals surface area contributed by atoms with E-state index in [1.165, 1.54) is 41.6 Å². The van der Waals surface area contributed by atoms with Gasteiger partial charge in [0.2, 0.25) is 0 Å². The van der Waals surface area contributed by atoms with Gasteiger partial charge in [-0.05, 0) is 23.3 Å². The van der Waals surface area contributed by atoms with E-state index in [9.17, 15) is 9.50 Å². The maximum Gasteiger partial charge on any atom is 0.128 e. The third kappa shape index (κ3) is 5.00. The maximum absolute atomic E-state index is 13.3. The van der Waals surface area contributed by atoms with E-state index in [0.717, 1.165) is 31.9 Å². The zero-order chi connectivity index (χ0) is 20.1. The molecule has 0 saturated carbocycles. The lowest BCUT2D eigenvalue weighted by atomic mass is 10.1. The number of hydrogen-bond acceptors (Lipinski definition) is 6. The SMILES string of the molecule is O[C@@H](COCc1ccccc1)CSc1ncnc2scc(-c3ccc(F)cc3)c12. The van der Waals surface area contributed by atoms with Crippen LogP contribution in [-0.2, 0) is 11.3 Å². The number of aromatic nitrogens is 2. The zero-order valence-electron chi connectivity index (χ0n) is 15.5. The summed E-state index contributed by atoms with van der Waals surface area (Å²) in [5.41, 5.74) is 2.97. The Morgan fingerprint density at radius 1 is 1.07 bits per heavy atom. The van der Waals surface area contributed by atoms with Gasteiger partial charge >= 0.3 is 0 Å². The van der Waals surface area contributed by atoms with E-state index in [1.807, 2.05) is 35.7 Å². The highest BCUT2D eigenvalue weighted by Gasteiger charge is 2.15. The molecular weight excluding hydrogens is 407 g/mol. The van der Waals surface area contributed by atoms with Crippen LogP contribution in [0.25, 0.3) is 21.3 Å². The predicted octanol–water partition coefficient (Wildman–Crippen LogP) is 5.17. The van der Waals surface area contributed by atoms with Crippen LogP contribution < -0.4 is 0 Å². The van der Waals surface area contributed by atoms with E-state index in [4.69, 9.17) is 4.74 Å². The van der Waals surface area contributed by atoms with Gasteiger partial charge in [0.15, 0.2) is 0 Å². The van der Waals surface area contributed by atoms with Crippen LogP contribution in [0.1, 0.15) is 5.56 Å². The summed E-state index contributed by atoms with van der Waals surface area (Å²) in [5, 5.41) is 14.0. The van der Waals surface area contributed by atoms with Gasteiger partial charge in [-0.3, -0.25) is 0 Å². The smallest absolute Gasteiger partial charge is 0.128 e. The van der Waals surface area contributed by atoms with Crippen LogP contribution >= 0.6 is 23.1 Å². The molecule has 0 aliphatic carbocycles. The van der Waals surface area contributed by atoms with Gasteiger partial charge in [0.1, 0.15) is 22.0 Å². The van der Waals surface area contributed by atoms with Crippen LogP contribution in [0.4, 0.5) is 4.39 Å². The van der Waals surface area contributed by atoms with Gasteiger partial charge in [-0.15, -0.1) is 23.1 Å². The second-order valence-corrected chi connectivity index (χ2v) is 8.35. The lowest BCUT2D eigenvalue weighted by molar-refractivity contribution is 0.0398. The van der Waals surface area contributed by atoms with E-state index in [-0.39, 0.29) is 12.4 Å². The molecule has 0 radical (unpaired) electrons. The van der Waals surface area contributed by atoms with E-state index in [2.05, 4.69) is 9.97 Å². The second kappa shape index (κ2) is 9.45. The minimum Gasteiger partial charge on any atom is -0.390 e. The van der Waals surface area contributed by atoms with Crippen molar-refractivity contribution in [3.05, 3.63) is 77.7 Å². The molecule has 148 valence electrons. The Labute approximate surface area is 176 Å². The monoisotopic (exact) mass is 426 g/mol. The minimum atomic E-state index is -0.610. The van der Waals surface area contributed by atoms with Gasteiger partial charge in [-0.2, -0.15) is 0 Å². The fourth-order valence-electron chi connectivity index (χ4n) is 2.91. The number of hydrogen-bond donors (Lipinski definition) is 1. The molecular formula is C22H19FN2O2S2. The third-order valence-electron chi connectivity index (χ3n) is 4.32. The van der Waals surface area contributed by atoms with Crippen molar-refractivity contribution in [3.63, 3.8) is 0 Å². The molecule has 0 spiro atoms.